The van der Waals surface area contributed by atoms with Gasteiger partial charge in [-0.05, 0) is 30.5 Å². The fraction of sp³-hybridized carbons (Fsp3) is 0.273. The van der Waals surface area contributed by atoms with Gasteiger partial charge in [0.1, 0.15) is 11.4 Å². The van der Waals surface area contributed by atoms with Crippen LogP contribution in [-0.4, -0.2) is 57.3 Å². The summed E-state index contributed by atoms with van der Waals surface area (Å²) in [7, 11) is 0. The van der Waals surface area contributed by atoms with Crippen molar-refractivity contribution in [2.45, 2.75) is 13.5 Å². The van der Waals surface area contributed by atoms with Crippen molar-refractivity contribution in [2.24, 2.45) is 0 Å². The predicted molar refractivity (Wildman–Crippen MR) is 129 cm³/mol. The molecule has 1 aliphatic rings. The van der Waals surface area contributed by atoms with Gasteiger partial charge in [0.2, 0.25) is 5.91 Å². The van der Waals surface area contributed by atoms with Crippen LogP contribution in [0.2, 0.25) is 0 Å². The van der Waals surface area contributed by atoms with E-state index in [0.717, 1.165) is 10.4 Å². The van der Waals surface area contributed by atoms with Gasteiger partial charge in [-0.15, -0.1) is 34.0 Å². The molecule has 5 rings (SSSR count). The third kappa shape index (κ3) is 3.89. The summed E-state index contributed by atoms with van der Waals surface area (Å²) in [4.78, 5) is 50.1. The molecule has 4 aromatic heterocycles. The van der Waals surface area contributed by atoms with Crippen molar-refractivity contribution in [1.82, 2.24) is 19.4 Å². The molecule has 164 valence electrons. The van der Waals surface area contributed by atoms with Gasteiger partial charge in [0.15, 0.2) is 0 Å². The van der Waals surface area contributed by atoms with Crippen molar-refractivity contribution in [3.8, 4) is 10.4 Å². The Hall–Kier alpha value is -2.82. The molecule has 0 unspecified atom stereocenters. The molecule has 0 atom stereocenters. The van der Waals surface area contributed by atoms with Crippen LogP contribution >= 0.6 is 34.0 Å². The number of aryl methyl sites for hydroxylation is 1. The van der Waals surface area contributed by atoms with Crippen molar-refractivity contribution in [1.29, 1.82) is 0 Å². The Morgan fingerprint density at radius 2 is 1.84 bits per heavy atom. The molecule has 2 amide bonds. The van der Waals surface area contributed by atoms with Gasteiger partial charge in [-0.2, -0.15) is 0 Å². The highest BCUT2D eigenvalue weighted by Crippen LogP contribution is 2.34. The van der Waals surface area contributed by atoms with Crippen LogP contribution in [0.4, 0.5) is 0 Å². The monoisotopic (exact) mass is 484 g/mol. The number of nitrogens with zero attached hydrogens (tertiary/aromatic N) is 4. The molecule has 0 aliphatic carbocycles. The zero-order valence-electron chi connectivity index (χ0n) is 17.3. The molecule has 1 fully saturated rings. The SMILES string of the molecule is Cc1ccc(-c2csc3ncn(CC(=O)N4CCN(C(=O)c5cccs5)CC4)c(=O)c23)s1. The van der Waals surface area contributed by atoms with Crippen LogP contribution in [0.25, 0.3) is 20.7 Å². The second kappa shape index (κ2) is 8.61. The lowest BCUT2D eigenvalue weighted by Crippen LogP contribution is -2.51. The first kappa shape index (κ1) is 21.0. The van der Waals surface area contributed by atoms with E-state index >= 15 is 0 Å². The smallest absolute Gasteiger partial charge is 0.264 e. The first-order chi connectivity index (χ1) is 15.5. The van der Waals surface area contributed by atoms with E-state index in [0.29, 0.717) is 41.3 Å². The van der Waals surface area contributed by atoms with E-state index in [1.54, 1.807) is 21.1 Å². The quantitative estimate of drug-likeness (QED) is 0.444. The maximum Gasteiger partial charge on any atom is 0.264 e. The molecular formula is C22H20N4O3S3. The Morgan fingerprint density at radius 1 is 1.06 bits per heavy atom. The topological polar surface area (TPSA) is 75.5 Å². The summed E-state index contributed by atoms with van der Waals surface area (Å²) in [6.07, 6.45) is 1.46. The van der Waals surface area contributed by atoms with Crippen LogP contribution in [-0.2, 0) is 11.3 Å². The first-order valence-corrected chi connectivity index (χ1v) is 12.7. The van der Waals surface area contributed by atoms with Crippen LogP contribution in [0.3, 0.4) is 0 Å². The summed E-state index contributed by atoms with van der Waals surface area (Å²) in [5.74, 6) is -0.132. The van der Waals surface area contributed by atoms with Gasteiger partial charge in [0.05, 0.1) is 16.6 Å². The number of rotatable bonds is 4. The minimum absolute atomic E-state index is 0.00627. The molecule has 0 saturated carbocycles. The van der Waals surface area contributed by atoms with E-state index in [1.165, 1.54) is 38.4 Å². The first-order valence-electron chi connectivity index (χ1n) is 10.2. The average Bonchev–Trinajstić information content (AvgIpc) is 3.56. The standard InChI is InChI=1S/C22H20N4O3S3/c1-14-4-5-16(32-14)15-12-31-20-19(15)22(29)26(13-23-20)11-18(27)24-6-8-25(9-7-24)21(28)17-3-2-10-30-17/h2-5,10,12-13H,6-9,11H2,1H3. The normalized spacial score (nSPS) is 14.3. The molecule has 7 nitrogen and oxygen atoms in total. The van der Waals surface area contributed by atoms with Gasteiger partial charge in [0, 0.05) is 46.9 Å². The number of hydrogen-bond donors (Lipinski definition) is 0. The number of aromatic nitrogens is 2. The maximum atomic E-state index is 13.2. The predicted octanol–water partition coefficient (Wildman–Crippen LogP) is 3.54. The Morgan fingerprint density at radius 3 is 2.53 bits per heavy atom. The van der Waals surface area contributed by atoms with Crippen molar-refractivity contribution in [3.63, 3.8) is 0 Å². The molecule has 1 aliphatic heterocycles. The van der Waals surface area contributed by atoms with E-state index in [9.17, 15) is 14.4 Å². The van der Waals surface area contributed by atoms with Crippen molar-refractivity contribution in [3.05, 3.63) is 61.5 Å². The number of amides is 2. The van der Waals surface area contributed by atoms with Crippen LogP contribution in [0.1, 0.15) is 14.5 Å². The summed E-state index contributed by atoms with van der Waals surface area (Å²) in [5.41, 5.74) is 0.681. The van der Waals surface area contributed by atoms with Crippen LogP contribution < -0.4 is 5.56 Å². The van der Waals surface area contributed by atoms with Crippen LogP contribution in [0, 0.1) is 6.92 Å². The molecular weight excluding hydrogens is 464 g/mol. The Bertz CT molecular complexity index is 1340. The third-order valence-electron chi connectivity index (χ3n) is 5.52. The lowest BCUT2D eigenvalue weighted by Gasteiger charge is -2.34. The molecule has 0 radical (unpaired) electrons. The lowest BCUT2D eigenvalue weighted by molar-refractivity contribution is -0.133. The zero-order valence-corrected chi connectivity index (χ0v) is 19.8. The third-order valence-corrected chi connectivity index (χ3v) is 8.30. The zero-order chi connectivity index (χ0) is 22.2. The van der Waals surface area contributed by atoms with Gasteiger partial charge in [-0.1, -0.05) is 6.07 Å². The fourth-order valence-corrected chi connectivity index (χ4v) is 6.35. The number of fused-ring (bicyclic) bond motifs is 1. The van der Waals surface area contributed by atoms with E-state index < -0.39 is 0 Å². The second-order valence-electron chi connectivity index (χ2n) is 7.57. The molecule has 1 saturated heterocycles. The van der Waals surface area contributed by atoms with Gasteiger partial charge < -0.3 is 9.80 Å². The molecule has 32 heavy (non-hydrogen) atoms. The van der Waals surface area contributed by atoms with Gasteiger partial charge in [-0.25, -0.2) is 4.98 Å². The van der Waals surface area contributed by atoms with Crippen molar-refractivity contribution < 1.29 is 9.59 Å². The Labute approximate surface area is 196 Å². The lowest BCUT2D eigenvalue weighted by atomic mass is 10.2. The van der Waals surface area contributed by atoms with Crippen LogP contribution in [0.15, 0.2) is 46.1 Å². The number of thiophene rings is 3. The fourth-order valence-electron chi connectivity index (χ4n) is 3.80. The van der Waals surface area contributed by atoms with Gasteiger partial charge >= 0.3 is 0 Å². The summed E-state index contributed by atoms with van der Waals surface area (Å²) in [6, 6.07) is 7.72. The molecule has 0 aromatic carbocycles. The largest absolute Gasteiger partial charge is 0.338 e. The molecule has 0 N–H and O–H groups in total. The van der Waals surface area contributed by atoms with Crippen molar-refractivity contribution >= 4 is 56.0 Å². The molecule has 4 aromatic rings. The Kier molecular flexibility index (Phi) is 5.66. The minimum atomic E-state index is -0.197. The minimum Gasteiger partial charge on any atom is -0.338 e. The van der Waals surface area contributed by atoms with Gasteiger partial charge in [-0.3, -0.25) is 19.0 Å². The maximum absolute atomic E-state index is 13.2. The molecule has 5 heterocycles. The second-order valence-corrected chi connectivity index (χ2v) is 10.7. The Balaban J connectivity index is 1.31. The average molecular weight is 485 g/mol. The summed E-state index contributed by atoms with van der Waals surface area (Å²) < 4.78 is 1.39. The van der Waals surface area contributed by atoms with Gasteiger partial charge in [0.25, 0.3) is 11.5 Å². The number of hydrogen-bond acceptors (Lipinski definition) is 7. The highest BCUT2D eigenvalue weighted by molar-refractivity contribution is 7.19. The molecule has 0 spiro atoms. The highest BCUT2D eigenvalue weighted by atomic mass is 32.1. The van der Waals surface area contributed by atoms with E-state index in [1.807, 2.05) is 41.9 Å². The molecule has 10 heteroatoms. The molecule has 0 bridgehead atoms. The number of piperazine rings is 1. The summed E-state index contributed by atoms with van der Waals surface area (Å²) >= 11 is 4.50. The van der Waals surface area contributed by atoms with Crippen molar-refractivity contribution in [2.75, 3.05) is 26.2 Å². The summed E-state index contributed by atoms with van der Waals surface area (Å²) in [5, 5.41) is 4.41. The number of carbonyl (C=O) groups is 2. The van der Waals surface area contributed by atoms with E-state index in [2.05, 4.69) is 4.98 Å². The summed E-state index contributed by atoms with van der Waals surface area (Å²) in [6.45, 7) is 3.87. The van der Waals surface area contributed by atoms with Crippen LogP contribution in [0.5, 0.6) is 0 Å². The highest BCUT2D eigenvalue weighted by Gasteiger charge is 2.26. The number of carbonyl (C=O) groups excluding carboxylic acids is 2. The van der Waals surface area contributed by atoms with E-state index in [4.69, 9.17) is 0 Å². The van der Waals surface area contributed by atoms with E-state index in [-0.39, 0.29) is 23.9 Å².